The Morgan fingerprint density at radius 1 is 1.35 bits per heavy atom. The zero-order valence-electron chi connectivity index (χ0n) is 10.2. The average Bonchev–Trinajstić information content (AvgIpc) is 2.33. The van der Waals surface area contributed by atoms with Gasteiger partial charge in [-0.1, -0.05) is 31.0 Å². The highest BCUT2D eigenvalue weighted by atomic mass is 16.1. The molecule has 2 rings (SSSR count). The lowest BCUT2D eigenvalue weighted by Crippen LogP contribution is -2.31. The van der Waals surface area contributed by atoms with Crippen LogP contribution in [0.1, 0.15) is 44.1 Å². The second-order valence-electron chi connectivity index (χ2n) is 4.74. The van der Waals surface area contributed by atoms with E-state index in [9.17, 15) is 4.79 Å². The van der Waals surface area contributed by atoms with Crippen LogP contribution in [0.4, 0.5) is 0 Å². The van der Waals surface area contributed by atoms with Gasteiger partial charge in [0.1, 0.15) is 5.78 Å². The van der Waals surface area contributed by atoms with E-state index in [2.05, 4.69) is 17.4 Å². The van der Waals surface area contributed by atoms with Gasteiger partial charge in [0.2, 0.25) is 0 Å². The number of ketones is 1. The normalized spacial score (nSPS) is 21.4. The quantitative estimate of drug-likeness (QED) is 0.863. The summed E-state index contributed by atoms with van der Waals surface area (Å²) >= 11 is 0. The van der Waals surface area contributed by atoms with Crippen molar-refractivity contribution in [2.24, 2.45) is 0 Å². The van der Waals surface area contributed by atoms with Gasteiger partial charge in [0.15, 0.2) is 0 Å². The van der Waals surface area contributed by atoms with Crippen LogP contribution in [-0.4, -0.2) is 11.8 Å². The van der Waals surface area contributed by atoms with Crippen LogP contribution in [0, 0.1) is 12.1 Å². The molecule has 0 aromatic heterocycles. The van der Waals surface area contributed by atoms with Gasteiger partial charge in [-0.15, -0.1) is 0 Å². The summed E-state index contributed by atoms with van der Waals surface area (Å²) < 4.78 is 0. The van der Waals surface area contributed by atoms with Crippen LogP contribution in [0.5, 0.6) is 0 Å². The van der Waals surface area contributed by atoms with Crippen LogP contribution in [0.15, 0.2) is 18.2 Å². The summed E-state index contributed by atoms with van der Waals surface area (Å²) in [6.07, 6.45) is 6.07. The lowest BCUT2D eigenvalue weighted by molar-refractivity contribution is -0.120. The zero-order valence-corrected chi connectivity index (χ0v) is 10.2. The molecule has 0 spiro atoms. The number of Topliss-reactive ketones (excluding diaryl/α,β-unsaturated/α-hetero) is 1. The lowest BCUT2D eigenvalue weighted by atomic mass is 9.95. The third-order valence-corrected chi connectivity index (χ3v) is 3.27. The summed E-state index contributed by atoms with van der Waals surface area (Å²) in [5, 5.41) is 3.46. The molecule has 1 saturated carbocycles. The molecule has 0 radical (unpaired) electrons. The molecule has 2 nitrogen and oxygen atoms in total. The Hall–Kier alpha value is -1.33. The van der Waals surface area contributed by atoms with E-state index < -0.39 is 0 Å². The minimum Gasteiger partial charge on any atom is -0.309 e. The number of carbonyl (C=O) groups is 1. The zero-order chi connectivity index (χ0) is 11.9. The van der Waals surface area contributed by atoms with Crippen molar-refractivity contribution >= 4 is 5.78 Å². The fourth-order valence-electron chi connectivity index (χ4n) is 2.29. The van der Waals surface area contributed by atoms with E-state index in [0.717, 1.165) is 31.4 Å². The number of hydrogen-bond acceptors (Lipinski definition) is 2. The van der Waals surface area contributed by atoms with Gasteiger partial charge in [-0.05, 0) is 25.0 Å². The molecular weight excluding hydrogens is 210 g/mol. The Morgan fingerprint density at radius 3 is 3.12 bits per heavy atom. The van der Waals surface area contributed by atoms with Crippen molar-refractivity contribution < 1.29 is 4.79 Å². The first-order valence-electron chi connectivity index (χ1n) is 6.47. The Bertz CT molecular complexity index is 347. The minimum absolute atomic E-state index is 0.344. The molecule has 1 aromatic carbocycles. The van der Waals surface area contributed by atoms with Crippen molar-refractivity contribution in [2.75, 3.05) is 0 Å². The van der Waals surface area contributed by atoms with Crippen molar-refractivity contribution in [3.8, 4) is 0 Å². The van der Waals surface area contributed by atoms with E-state index >= 15 is 0 Å². The van der Waals surface area contributed by atoms with Gasteiger partial charge < -0.3 is 5.32 Å². The summed E-state index contributed by atoms with van der Waals surface area (Å²) in [5.41, 5.74) is 1.11. The fourth-order valence-corrected chi connectivity index (χ4v) is 2.29. The Balaban J connectivity index is 1.82. The fraction of sp³-hybridized carbons (Fsp3) is 0.533. The largest absolute Gasteiger partial charge is 0.309 e. The molecule has 1 aliphatic rings. The predicted molar refractivity (Wildman–Crippen MR) is 67.5 cm³/mol. The summed E-state index contributed by atoms with van der Waals surface area (Å²) in [4.78, 5) is 11.6. The topological polar surface area (TPSA) is 29.1 Å². The molecule has 0 amide bonds. The summed E-state index contributed by atoms with van der Waals surface area (Å²) in [6, 6.07) is 12.2. The van der Waals surface area contributed by atoms with E-state index in [4.69, 9.17) is 0 Å². The lowest BCUT2D eigenvalue weighted by Gasteiger charge is -2.20. The van der Waals surface area contributed by atoms with Gasteiger partial charge in [0.25, 0.3) is 0 Å². The van der Waals surface area contributed by atoms with Gasteiger partial charge in [0, 0.05) is 31.0 Å². The van der Waals surface area contributed by atoms with Gasteiger partial charge in [-0.3, -0.25) is 4.79 Å². The molecule has 1 atom stereocenters. The Kier molecular flexibility index (Phi) is 4.58. The molecular formula is C15H19NO. The maximum atomic E-state index is 11.6. The third kappa shape index (κ3) is 4.20. The summed E-state index contributed by atoms with van der Waals surface area (Å²) in [5.74, 6) is 0.408. The van der Waals surface area contributed by atoms with Crippen molar-refractivity contribution in [1.82, 2.24) is 5.32 Å². The molecule has 17 heavy (non-hydrogen) atoms. The maximum absolute atomic E-state index is 11.6. The highest BCUT2D eigenvalue weighted by Crippen LogP contribution is 2.15. The molecule has 0 saturated heterocycles. The third-order valence-electron chi connectivity index (χ3n) is 3.27. The van der Waals surface area contributed by atoms with Gasteiger partial charge >= 0.3 is 0 Å². The molecule has 1 fully saturated rings. The molecule has 0 aliphatic heterocycles. The SMILES string of the molecule is O=C1CCCCCC(NCc2c#cccc2)C1. The first-order chi connectivity index (χ1) is 8.34. The molecule has 1 N–H and O–H groups in total. The van der Waals surface area contributed by atoms with E-state index in [1.807, 2.05) is 18.2 Å². The van der Waals surface area contributed by atoms with Crippen LogP contribution in [0.2, 0.25) is 0 Å². The monoisotopic (exact) mass is 229 g/mol. The first kappa shape index (κ1) is 12.1. The van der Waals surface area contributed by atoms with E-state index in [1.165, 1.54) is 12.8 Å². The van der Waals surface area contributed by atoms with Gasteiger partial charge in [-0.25, -0.2) is 0 Å². The predicted octanol–water partition coefficient (Wildman–Crippen LogP) is 2.67. The van der Waals surface area contributed by atoms with Crippen LogP contribution in [0.3, 0.4) is 0 Å². The van der Waals surface area contributed by atoms with E-state index in [0.29, 0.717) is 18.2 Å². The van der Waals surface area contributed by atoms with Gasteiger partial charge in [-0.2, -0.15) is 0 Å². The summed E-state index contributed by atoms with van der Waals surface area (Å²) in [7, 11) is 0. The molecule has 1 unspecified atom stereocenters. The van der Waals surface area contributed by atoms with Crippen molar-refractivity contribution in [3.05, 3.63) is 35.9 Å². The van der Waals surface area contributed by atoms with Crippen LogP contribution in [-0.2, 0) is 11.3 Å². The number of rotatable bonds is 3. The minimum atomic E-state index is 0.344. The Labute approximate surface area is 103 Å². The second-order valence-corrected chi connectivity index (χ2v) is 4.74. The highest BCUT2D eigenvalue weighted by Gasteiger charge is 2.15. The number of hydrogen-bond donors (Lipinski definition) is 1. The van der Waals surface area contributed by atoms with Crippen LogP contribution >= 0.6 is 0 Å². The molecule has 1 aromatic rings. The van der Waals surface area contributed by atoms with Crippen LogP contribution in [0.25, 0.3) is 0 Å². The first-order valence-corrected chi connectivity index (χ1v) is 6.47. The number of carbonyl (C=O) groups excluding carboxylic acids is 1. The molecule has 0 bridgehead atoms. The molecule has 1 aliphatic carbocycles. The van der Waals surface area contributed by atoms with E-state index in [1.54, 1.807) is 0 Å². The average molecular weight is 229 g/mol. The maximum Gasteiger partial charge on any atom is 0.134 e. The van der Waals surface area contributed by atoms with E-state index in [-0.39, 0.29) is 0 Å². The molecule has 2 heteroatoms. The van der Waals surface area contributed by atoms with Gasteiger partial charge in [0.05, 0.1) is 0 Å². The smallest absolute Gasteiger partial charge is 0.134 e. The van der Waals surface area contributed by atoms with Crippen molar-refractivity contribution in [2.45, 2.75) is 51.1 Å². The standard InChI is InChI=1S/C15H19NO/c17-15-10-6-2-5-9-14(11-15)16-12-13-7-3-1-4-8-13/h1,3,7,14,16H,2,5-6,9-12H2. The van der Waals surface area contributed by atoms with Crippen molar-refractivity contribution in [1.29, 1.82) is 0 Å². The van der Waals surface area contributed by atoms with Crippen molar-refractivity contribution in [3.63, 3.8) is 0 Å². The number of nitrogens with one attached hydrogen (secondary N) is 1. The second kappa shape index (κ2) is 6.42. The molecule has 90 valence electrons. The van der Waals surface area contributed by atoms with Crippen LogP contribution < -0.4 is 5.32 Å². The molecule has 0 heterocycles. The Morgan fingerprint density at radius 2 is 2.29 bits per heavy atom. The highest BCUT2D eigenvalue weighted by molar-refractivity contribution is 5.79. The summed E-state index contributed by atoms with van der Waals surface area (Å²) in [6.45, 7) is 0.787.